The molecule has 1 unspecified atom stereocenters. The molecular formula is C21H20N4O2S. The van der Waals surface area contributed by atoms with Crippen molar-refractivity contribution in [1.82, 2.24) is 10.2 Å². The number of para-hydroxylation sites is 1. The van der Waals surface area contributed by atoms with Gasteiger partial charge in [-0.15, -0.1) is 10.2 Å². The number of benzene rings is 2. The molecule has 0 saturated carbocycles. The van der Waals surface area contributed by atoms with Crippen LogP contribution in [0.2, 0.25) is 0 Å². The third-order valence-electron chi connectivity index (χ3n) is 4.80. The molecule has 1 aliphatic rings. The lowest BCUT2D eigenvalue weighted by Crippen LogP contribution is -2.28. The molecule has 2 aromatic carbocycles. The van der Waals surface area contributed by atoms with Crippen LogP contribution in [0.15, 0.2) is 54.6 Å². The smallest absolute Gasteiger partial charge is 0.231 e. The Labute approximate surface area is 167 Å². The lowest BCUT2D eigenvalue weighted by Gasteiger charge is -2.18. The summed E-state index contributed by atoms with van der Waals surface area (Å²) in [6.07, 6.45) is 0.882. The normalized spacial score (nSPS) is 16.4. The monoisotopic (exact) mass is 392 g/mol. The van der Waals surface area contributed by atoms with Gasteiger partial charge in [-0.1, -0.05) is 59.9 Å². The molecule has 1 aliphatic heterocycles. The molecule has 2 amide bonds. The van der Waals surface area contributed by atoms with Crippen LogP contribution >= 0.6 is 11.3 Å². The van der Waals surface area contributed by atoms with E-state index < -0.39 is 5.92 Å². The molecule has 2 heterocycles. The fraction of sp³-hybridized carbons (Fsp3) is 0.238. The molecule has 3 aromatic rings. The Morgan fingerprint density at radius 3 is 2.68 bits per heavy atom. The molecule has 0 radical (unpaired) electrons. The fourth-order valence-electron chi connectivity index (χ4n) is 3.34. The Hall–Kier alpha value is -3.06. The maximum absolute atomic E-state index is 12.6. The zero-order valence-corrected chi connectivity index (χ0v) is 16.3. The summed E-state index contributed by atoms with van der Waals surface area (Å²) < 4.78 is 0. The largest absolute Gasteiger partial charge is 0.311 e. The molecule has 6 nitrogen and oxygen atoms in total. The Kier molecular flexibility index (Phi) is 5.16. The van der Waals surface area contributed by atoms with Gasteiger partial charge in [-0.25, -0.2) is 0 Å². The molecule has 4 rings (SSSR count). The number of hydrogen-bond donors (Lipinski definition) is 1. The predicted octanol–water partition coefficient (Wildman–Crippen LogP) is 3.43. The zero-order chi connectivity index (χ0) is 19.5. The van der Waals surface area contributed by atoms with Crippen molar-refractivity contribution in [2.24, 2.45) is 5.92 Å². The van der Waals surface area contributed by atoms with Crippen LogP contribution in [-0.2, 0) is 16.0 Å². The van der Waals surface area contributed by atoms with E-state index in [1.807, 2.05) is 61.5 Å². The molecular weight excluding hydrogens is 372 g/mol. The highest BCUT2D eigenvalue weighted by Crippen LogP contribution is 2.28. The summed E-state index contributed by atoms with van der Waals surface area (Å²) in [5.41, 5.74) is 3.03. The van der Waals surface area contributed by atoms with E-state index in [0.29, 0.717) is 18.1 Å². The van der Waals surface area contributed by atoms with E-state index >= 15 is 0 Å². The average molecular weight is 392 g/mol. The minimum atomic E-state index is -0.395. The third kappa shape index (κ3) is 3.94. The highest BCUT2D eigenvalue weighted by Gasteiger charge is 2.35. The van der Waals surface area contributed by atoms with Crippen molar-refractivity contribution in [2.75, 3.05) is 16.8 Å². The molecule has 142 valence electrons. The first kappa shape index (κ1) is 18.3. The second-order valence-electron chi connectivity index (χ2n) is 6.84. The van der Waals surface area contributed by atoms with Crippen molar-refractivity contribution in [1.29, 1.82) is 0 Å². The number of anilines is 2. The number of rotatable bonds is 5. The molecule has 28 heavy (non-hydrogen) atoms. The van der Waals surface area contributed by atoms with E-state index in [-0.39, 0.29) is 18.2 Å². The van der Waals surface area contributed by atoms with E-state index in [0.717, 1.165) is 21.8 Å². The SMILES string of the molecule is Cc1ccccc1N1CC(C(=O)Nc2nnc(Cc3ccccc3)s2)CC1=O. The maximum Gasteiger partial charge on any atom is 0.231 e. The molecule has 1 fully saturated rings. The number of nitrogens with one attached hydrogen (secondary N) is 1. The number of carbonyl (C=O) groups is 2. The van der Waals surface area contributed by atoms with Gasteiger partial charge < -0.3 is 10.2 Å². The standard InChI is InChI=1S/C21H20N4O2S/c1-14-7-5-6-10-17(14)25-13-16(12-19(25)26)20(27)22-21-24-23-18(28-21)11-15-8-3-2-4-9-15/h2-10,16H,11-13H2,1H3,(H,22,24,27). The fourth-order valence-corrected chi connectivity index (χ4v) is 4.11. The van der Waals surface area contributed by atoms with Crippen LogP contribution in [0.4, 0.5) is 10.8 Å². The first-order valence-corrected chi connectivity index (χ1v) is 9.95. The first-order valence-electron chi connectivity index (χ1n) is 9.13. The van der Waals surface area contributed by atoms with Gasteiger partial charge in [0.05, 0.1) is 5.92 Å². The average Bonchev–Trinajstić information content (AvgIpc) is 3.29. The Morgan fingerprint density at radius 2 is 1.89 bits per heavy atom. The zero-order valence-electron chi connectivity index (χ0n) is 15.5. The molecule has 1 aromatic heterocycles. The van der Waals surface area contributed by atoms with Crippen LogP contribution in [0.5, 0.6) is 0 Å². The highest BCUT2D eigenvalue weighted by atomic mass is 32.1. The summed E-state index contributed by atoms with van der Waals surface area (Å²) in [6.45, 7) is 2.34. The van der Waals surface area contributed by atoms with Crippen LogP contribution in [0, 0.1) is 12.8 Å². The minimum Gasteiger partial charge on any atom is -0.311 e. The van der Waals surface area contributed by atoms with E-state index in [1.54, 1.807) is 4.90 Å². The van der Waals surface area contributed by atoms with Gasteiger partial charge in [-0.2, -0.15) is 0 Å². The predicted molar refractivity (Wildman–Crippen MR) is 109 cm³/mol. The minimum absolute atomic E-state index is 0.0310. The van der Waals surface area contributed by atoms with E-state index in [4.69, 9.17) is 0 Å². The Bertz CT molecular complexity index is 1000. The summed E-state index contributed by atoms with van der Waals surface area (Å²) in [4.78, 5) is 26.8. The van der Waals surface area contributed by atoms with E-state index in [9.17, 15) is 9.59 Å². The van der Waals surface area contributed by atoms with E-state index in [1.165, 1.54) is 11.3 Å². The number of carbonyl (C=O) groups excluding carboxylic acids is 2. The van der Waals surface area contributed by atoms with Gasteiger partial charge in [-0.05, 0) is 24.1 Å². The molecule has 0 spiro atoms. The number of aromatic nitrogens is 2. The van der Waals surface area contributed by atoms with Gasteiger partial charge in [0.15, 0.2) is 0 Å². The Balaban J connectivity index is 1.39. The summed E-state index contributed by atoms with van der Waals surface area (Å²) in [5.74, 6) is -0.614. The number of aryl methyl sites for hydroxylation is 1. The van der Waals surface area contributed by atoms with Crippen molar-refractivity contribution in [3.63, 3.8) is 0 Å². The van der Waals surface area contributed by atoms with Gasteiger partial charge in [0, 0.05) is 25.1 Å². The second kappa shape index (κ2) is 7.90. The van der Waals surface area contributed by atoms with Crippen molar-refractivity contribution >= 4 is 34.0 Å². The van der Waals surface area contributed by atoms with Crippen molar-refractivity contribution < 1.29 is 9.59 Å². The first-order chi connectivity index (χ1) is 13.6. The van der Waals surface area contributed by atoms with Gasteiger partial charge in [0.25, 0.3) is 0 Å². The van der Waals surface area contributed by atoms with Crippen LogP contribution in [0.1, 0.15) is 22.6 Å². The topological polar surface area (TPSA) is 75.2 Å². The van der Waals surface area contributed by atoms with Crippen LogP contribution in [0.3, 0.4) is 0 Å². The number of nitrogens with zero attached hydrogens (tertiary/aromatic N) is 3. The van der Waals surface area contributed by atoms with Crippen molar-refractivity contribution in [2.45, 2.75) is 19.8 Å². The third-order valence-corrected chi connectivity index (χ3v) is 5.64. The van der Waals surface area contributed by atoms with Crippen LogP contribution in [0.25, 0.3) is 0 Å². The molecule has 1 atom stereocenters. The van der Waals surface area contributed by atoms with Crippen LogP contribution in [-0.4, -0.2) is 28.6 Å². The molecule has 0 bridgehead atoms. The van der Waals surface area contributed by atoms with Gasteiger partial charge in [0.2, 0.25) is 16.9 Å². The molecule has 7 heteroatoms. The molecule has 0 aliphatic carbocycles. The number of amides is 2. The van der Waals surface area contributed by atoms with Crippen molar-refractivity contribution in [3.8, 4) is 0 Å². The van der Waals surface area contributed by atoms with E-state index in [2.05, 4.69) is 15.5 Å². The quantitative estimate of drug-likeness (QED) is 0.722. The summed E-state index contributed by atoms with van der Waals surface area (Å²) in [6, 6.07) is 17.7. The summed E-state index contributed by atoms with van der Waals surface area (Å²) in [5, 5.41) is 12.4. The van der Waals surface area contributed by atoms with Crippen molar-refractivity contribution in [3.05, 3.63) is 70.7 Å². The van der Waals surface area contributed by atoms with Gasteiger partial charge >= 0.3 is 0 Å². The summed E-state index contributed by atoms with van der Waals surface area (Å²) >= 11 is 1.36. The second-order valence-corrected chi connectivity index (χ2v) is 7.91. The Morgan fingerprint density at radius 1 is 1.14 bits per heavy atom. The summed E-state index contributed by atoms with van der Waals surface area (Å²) in [7, 11) is 0. The lowest BCUT2D eigenvalue weighted by atomic mass is 10.1. The highest BCUT2D eigenvalue weighted by molar-refractivity contribution is 7.15. The molecule has 1 N–H and O–H groups in total. The number of hydrogen-bond acceptors (Lipinski definition) is 5. The maximum atomic E-state index is 12.6. The van der Waals surface area contributed by atoms with Crippen LogP contribution < -0.4 is 10.2 Å². The lowest BCUT2D eigenvalue weighted by molar-refractivity contribution is -0.122. The van der Waals surface area contributed by atoms with Gasteiger partial charge in [-0.3, -0.25) is 9.59 Å². The van der Waals surface area contributed by atoms with Gasteiger partial charge in [0.1, 0.15) is 5.01 Å². The molecule has 1 saturated heterocycles.